The summed E-state index contributed by atoms with van der Waals surface area (Å²) in [6, 6.07) is 0. The fraction of sp³-hybridized carbons (Fsp3) is 0.636. The van der Waals surface area contributed by atoms with Gasteiger partial charge in [-0.2, -0.15) is 4.98 Å². The predicted molar refractivity (Wildman–Crippen MR) is 70.1 cm³/mol. The van der Waals surface area contributed by atoms with Gasteiger partial charge in [0, 0.05) is 13.1 Å². The molecule has 0 aliphatic heterocycles. The highest BCUT2D eigenvalue weighted by Gasteiger charge is 2.34. The monoisotopic (exact) mass is 267 g/mol. The first-order valence-corrected chi connectivity index (χ1v) is 6.25. The molecule has 2 rings (SSSR count). The Labute approximate surface area is 110 Å². The van der Waals surface area contributed by atoms with Crippen molar-refractivity contribution in [3.8, 4) is 0 Å². The van der Waals surface area contributed by atoms with E-state index in [9.17, 15) is 15.2 Å². The highest BCUT2D eigenvalue weighted by molar-refractivity contribution is 5.57. The van der Waals surface area contributed by atoms with Crippen molar-refractivity contribution in [1.82, 2.24) is 9.97 Å². The number of aromatic nitrogens is 2. The maximum absolute atomic E-state index is 10.9. The summed E-state index contributed by atoms with van der Waals surface area (Å²) in [7, 11) is 0. The van der Waals surface area contributed by atoms with Crippen molar-refractivity contribution in [2.45, 2.75) is 31.8 Å². The molecule has 0 bridgehead atoms. The lowest BCUT2D eigenvalue weighted by Gasteiger charge is -2.36. The second kappa shape index (κ2) is 5.35. The molecule has 0 amide bonds. The van der Waals surface area contributed by atoms with Crippen molar-refractivity contribution in [2.24, 2.45) is 0 Å². The Hall–Kier alpha value is -1.96. The third kappa shape index (κ3) is 3.08. The van der Waals surface area contributed by atoms with Crippen molar-refractivity contribution >= 4 is 17.5 Å². The number of aliphatic hydroxyl groups is 1. The number of nitrogens with one attached hydrogen (secondary N) is 2. The van der Waals surface area contributed by atoms with E-state index in [2.05, 4.69) is 20.6 Å². The number of nitro groups is 1. The van der Waals surface area contributed by atoms with Crippen LogP contribution in [0.3, 0.4) is 0 Å². The van der Waals surface area contributed by atoms with E-state index in [1.54, 1.807) is 0 Å². The molecule has 0 aromatic carbocycles. The Kier molecular flexibility index (Phi) is 3.79. The second-order valence-electron chi connectivity index (χ2n) is 4.65. The molecule has 0 radical (unpaired) electrons. The minimum atomic E-state index is -0.767. The summed E-state index contributed by atoms with van der Waals surface area (Å²) in [5.74, 6) is 0.465. The van der Waals surface area contributed by atoms with Crippen molar-refractivity contribution in [1.29, 1.82) is 0 Å². The standard InChI is InChI=1S/C11H17N5O3/c1-2-12-10-13-6-8(16(18)19)9(15-10)14-7-11(17)4-3-5-11/h6,17H,2-5,7H2,1H3,(H2,12,13,14,15). The van der Waals surface area contributed by atoms with Crippen molar-refractivity contribution < 1.29 is 10.0 Å². The topological polar surface area (TPSA) is 113 Å². The molecule has 19 heavy (non-hydrogen) atoms. The molecule has 1 saturated carbocycles. The highest BCUT2D eigenvalue weighted by atomic mass is 16.6. The molecule has 1 aliphatic carbocycles. The van der Waals surface area contributed by atoms with Gasteiger partial charge in [-0.25, -0.2) is 4.98 Å². The average Bonchev–Trinajstić information content (AvgIpc) is 2.34. The van der Waals surface area contributed by atoms with Gasteiger partial charge in [-0.1, -0.05) is 0 Å². The molecule has 3 N–H and O–H groups in total. The van der Waals surface area contributed by atoms with E-state index in [0.29, 0.717) is 25.3 Å². The smallest absolute Gasteiger partial charge is 0.329 e. The molecule has 1 aliphatic rings. The van der Waals surface area contributed by atoms with E-state index < -0.39 is 10.5 Å². The maximum atomic E-state index is 10.9. The summed E-state index contributed by atoms with van der Waals surface area (Å²) in [5.41, 5.74) is -0.957. The molecule has 0 unspecified atom stereocenters. The minimum absolute atomic E-state index is 0.135. The molecule has 8 nitrogen and oxygen atoms in total. The van der Waals surface area contributed by atoms with Crippen LogP contribution in [0.1, 0.15) is 26.2 Å². The lowest BCUT2D eigenvalue weighted by atomic mass is 9.80. The summed E-state index contributed by atoms with van der Waals surface area (Å²) in [4.78, 5) is 18.3. The van der Waals surface area contributed by atoms with E-state index in [1.807, 2.05) is 6.92 Å². The first-order valence-electron chi connectivity index (χ1n) is 6.25. The zero-order valence-electron chi connectivity index (χ0n) is 10.7. The van der Waals surface area contributed by atoms with E-state index in [1.165, 1.54) is 0 Å². The van der Waals surface area contributed by atoms with Gasteiger partial charge in [-0.3, -0.25) is 10.1 Å². The largest absolute Gasteiger partial charge is 0.388 e. The van der Waals surface area contributed by atoms with Crippen molar-refractivity contribution in [3.05, 3.63) is 16.3 Å². The Morgan fingerprint density at radius 2 is 2.26 bits per heavy atom. The number of hydrogen-bond donors (Lipinski definition) is 3. The average molecular weight is 267 g/mol. The van der Waals surface area contributed by atoms with Gasteiger partial charge in [0.2, 0.25) is 11.8 Å². The van der Waals surface area contributed by atoms with E-state index in [-0.39, 0.29) is 18.1 Å². The van der Waals surface area contributed by atoms with Crippen LogP contribution >= 0.6 is 0 Å². The highest BCUT2D eigenvalue weighted by Crippen LogP contribution is 2.32. The lowest BCUT2D eigenvalue weighted by Crippen LogP contribution is -2.43. The summed E-state index contributed by atoms with van der Waals surface area (Å²) >= 11 is 0. The predicted octanol–water partition coefficient (Wildman–Crippen LogP) is 1.14. The molecule has 8 heteroatoms. The molecular formula is C11H17N5O3. The third-order valence-corrected chi connectivity index (χ3v) is 3.17. The van der Waals surface area contributed by atoms with Gasteiger partial charge < -0.3 is 15.7 Å². The molecule has 1 heterocycles. The Balaban J connectivity index is 2.14. The molecule has 0 saturated heterocycles. The van der Waals surface area contributed by atoms with Gasteiger partial charge in [-0.05, 0) is 26.2 Å². The lowest BCUT2D eigenvalue weighted by molar-refractivity contribution is -0.384. The van der Waals surface area contributed by atoms with Crippen molar-refractivity contribution in [2.75, 3.05) is 23.7 Å². The van der Waals surface area contributed by atoms with Crippen molar-refractivity contribution in [3.63, 3.8) is 0 Å². The van der Waals surface area contributed by atoms with E-state index in [0.717, 1.165) is 12.6 Å². The molecule has 0 spiro atoms. The van der Waals surface area contributed by atoms with Crippen LogP contribution in [-0.2, 0) is 0 Å². The normalized spacial score (nSPS) is 16.5. The second-order valence-corrected chi connectivity index (χ2v) is 4.65. The van der Waals surface area contributed by atoms with Gasteiger partial charge in [0.05, 0.1) is 10.5 Å². The van der Waals surface area contributed by atoms with Gasteiger partial charge in [0.25, 0.3) is 0 Å². The zero-order chi connectivity index (χ0) is 13.9. The Morgan fingerprint density at radius 1 is 1.53 bits per heavy atom. The fourth-order valence-corrected chi connectivity index (χ4v) is 1.89. The molecule has 1 aromatic heterocycles. The van der Waals surface area contributed by atoms with Crippen LogP contribution in [0.4, 0.5) is 17.5 Å². The number of nitrogens with zero attached hydrogens (tertiary/aromatic N) is 3. The van der Waals surface area contributed by atoms with Crippen LogP contribution < -0.4 is 10.6 Å². The maximum Gasteiger partial charge on any atom is 0.329 e. The minimum Gasteiger partial charge on any atom is -0.388 e. The van der Waals surface area contributed by atoms with Gasteiger partial charge in [0.1, 0.15) is 6.20 Å². The van der Waals surface area contributed by atoms with E-state index in [4.69, 9.17) is 0 Å². The van der Waals surface area contributed by atoms with Gasteiger partial charge in [-0.15, -0.1) is 0 Å². The first-order chi connectivity index (χ1) is 9.04. The van der Waals surface area contributed by atoms with Crippen LogP contribution in [0.25, 0.3) is 0 Å². The van der Waals surface area contributed by atoms with Gasteiger partial charge >= 0.3 is 5.69 Å². The molecule has 1 fully saturated rings. The van der Waals surface area contributed by atoms with Crippen LogP contribution in [0.2, 0.25) is 0 Å². The summed E-state index contributed by atoms with van der Waals surface area (Å²) < 4.78 is 0. The number of hydrogen-bond acceptors (Lipinski definition) is 7. The number of anilines is 2. The molecule has 104 valence electrons. The summed E-state index contributed by atoms with van der Waals surface area (Å²) in [6.07, 6.45) is 3.56. The molecule has 0 atom stereocenters. The number of rotatable bonds is 6. The molecular weight excluding hydrogens is 250 g/mol. The Bertz CT molecular complexity index is 475. The Morgan fingerprint density at radius 3 is 2.79 bits per heavy atom. The summed E-state index contributed by atoms with van der Waals surface area (Å²) in [6.45, 7) is 2.77. The van der Waals surface area contributed by atoms with Crippen LogP contribution in [0.15, 0.2) is 6.20 Å². The van der Waals surface area contributed by atoms with Crippen LogP contribution in [-0.4, -0.2) is 38.7 Å². The van der Waals surface area contributed by atoms with E-state index >= 15 is 0 Å². The van der Waals surface area contributed by atoms with Gasteiger partial charge in [0.15, 0.2) is 0 Å². The fourth-order valence-electron chi connectivity index (χ4n) is 1.89. The van der Waals surface area contributed by atoms with Crippen LogP contribution in [0.5, 0.6) is 0 Å². The van der Waals surface area contributed by atoms with Crippen LogP contribution in [0, 0.1) is 10.1 Å². The quantitative estimate of drug-likeness (QED) is 0.523. The SMILES string of the molecule is CCNc1ncc([N+](=O)[O-])c(NCC2(O)CCC2)n1. The zero-order valence-corrected chi connectivity index (χ0v) is 10.7. The third-order valence-electron chi connectivity index (χ3n) is 3.17. The summed E-state index contributed by atoms with van der Waals surface area (Å²) in [5, 5.41) is 26.6. The molecule has 1 aromatic rings. The first kappa shape index (κ1) is 13.5.